The third-order valence-corrected chi connectivity index (χ3v) is 6.34. The Labute approximate surface area is 165 Å². The first kappa shape index (κ1) is 20.2. The molecular weight excluding hydrogens is 378 g/mol. The molecule has 1 fully saturated rings. The molecule has 0 unspecified atom stereocenters. The highest BCUT2D eigenvalue weighted by Gasteiger charge is 2.23. The topological polar surface area (TPSA) is 95.5 Å². The van der Waals surface area contributed by atoms with Crippen LogP contribution in [0, 0.1) is 13.8 Å². The van der Waals surface area contributed by atoms with E-state index >= 15 is 0 Å². The molecule has 3 rings (SSSR count). The van der Waals surface area contributed by atoms with Crippen LogP contribution >= 0.6 is 0 Å². The minimum absolute atomic E-state index is 0.0584. The van der Waals surface area contributed by atoms with Crippen molar-refractivity contribution in [2.24, 2.45) is 0 Å². The third-order valence-electron chi connectivity index (χ3n) is 4.72. The molecule has 1 aliphatic rings. The second-order valence-electron chi connectivity index (χ2n) is 6.83. The van der Waals surface area contributed by atoms with Gasteiger partial charge in [0.25, 0.3) is 0 Å². The van der Waals surface area contributed by atoms with Gasteiger partial charge in [0.05, 0.1) is 4.90 Å². The number of aromatic nitrogens is 2. The molecule has 9 heteroatoms. The molecule has 0 spiro atoms. The van der Waals surface area contributed by atoms with E-state index in [0.29, 0.717) is 37.7 Å². The van der Waals surface area contributed by atoms with Gasteiger partial charge in [-0.3, -0.25) is 4.79 Å². The smallest absolute Gasteiger partial charge is 0.240 e. The zero-order valence-corrected chi connectivity index (χ0v) is 16.9. The number of aryl methyl sites for hydroxylation is 2. The Morgan fingerprint density at radius 3 is 2.43 bits per heavy atom. The number of piperazine rings is 1. The number of sulfonamides is 1. The highest BCUT2D eigenvalue weighted by atomic mass is 32.2. The van der Waals surface area contributed by atoms with Crippen LogP contribution in [0.25, 0.3) is 0 Å². The van der Waals surface area contributed by atoms with E-state index in [4.69, 9.17) is 0 Å². The molecule has 0 saturated carbocycles. The Kier molecular flexibility index (Phi) is 6.25. The fourth-order valence-electron chi connectivity index (χ4n) is 3.24. The number of hydrogen-bond acceptors (Lipinski definition) is 6. The molecular formula is C19H25N5O3S. The number of hydrogen-bond donors (Lipinski definition) is 1. The van der Waals surface area contributed by atoms with Crippen molar-refractivity contribution in [2.75, 3.05) is 37.6 Å². The third kappa shape index (κ3) is 4.85. The number of anilines is 1. The summed E-state index contributed by atoms with van der Waals surface area (Å²) in [5.74, 6) is 0.604. The van der Waals surface area contributed by atoms with Crippen molar-refractivity contribution < 1.29 is 13.2 Å². The van der Waals surface area contributed by atoms with Gasteiger partial charge in [0.15, 0.2) is 0 Å². The minimum atomic E-state index is -3.62. The van der Waals surface area contributed by atoms with Crippen LogP contribution < -0.4 is 9.62 Å². The van der Waals surface area contributed by atoms with Crippen molar-refractivity contribution in [3.05, 3.63) is 47.8 Å². The van der Waals surface area contributed by atoms with Gasteiger partial charge < -0.3 is 9.80 Å². The quantitative estimate of drug-likeness (QED) is 0.776. The molecule has 1 N–H and O–H groups in total. The molecule has 1 aliphatic heterocycles. The van der Waals surface area contributed by atoms with E-state index in [1.165, 1.54) is 0 Å². The number of nitrogens with one attached hydrogen (secondary N) is 1. The van der Waals surface area contributed by atoms with Crippen LogP contribution in [0.5, 0.6) is 0 Å². The van der Waals surface area contributed by atoms with E-state index in [9.17, 15) is 13.2 Å². The zero-order chi connectivity index (χ0) is 20.1. The second kappa shape index (κ2) is 8.66. The largest absolute Gasteiger partial charge is 0.339 e. The predicted molar refractivity (Wildman–Crippen MR) is 107 cm³/mol. The highest BCUT2D eigenvalue weighted by Crippen LogP contribution is 2.16. The zero-order valence-electron chi connectivity index (χ0n) is 16.1. The monoisotopic (exact) mass is 403 g/mol. The molecule has 150 valence electrons. The first-order valence-corrected chi connectivity index (χ1v) is 10.7. The summed E-state index contributed by atoms with van der Waals surface area (Å²) in [5, 5.41) is 0. The Morgan fingerprint density at radius 1 is 1.11 bits per heavy atom. The molecule has 1 saturated heterocycles. The highest BCUT2D eigenvalue weighted by molar-refractivity contribution is 7.89. The molecule has 2 aromatic rings. The van der Waals surface area contributed by atoms with Gasteiger partial charge in [0, 0.05) is 51.5 Å². The number of carbonyl (C=O) groups is 1. The van der Waals surface area contributed by atoms with Gasteiger partial charge in [-0.15, -0.1) is 0 Å². The lowest BCUT2D eigenvalue weighted by Crippen LogP contribution is -2.49. The number of nitrogens with zero attached hydrogens (tertiary/aromatic N) is 4. The van der Waals surface area contributed by atoms with Gasteiger partial charge in [0.2, 0.25) is 21.9 Å². The van der Waals surface area contributed by atoms with Crippen LogP contribution in [-0.4, -0.2) is 61.9 Å². The minimum Gasteiger partial charge on any atom is -0.339 e. The van der Waals surface area contributed by atoms with Crippen LogP contribution in [0.2, 0.25) is 0 Å². The number of benzene rings is 1. The Balaban J connectivity index is 1.48. The molecule has 0 bridgehead atoms. The van der Waals surface area contributed by atoms with E-state index in [1.807, 2.05) is 17.9 Å². The summed E-state index contributed by atoms with van der Waals surface area (Å²) < 4.78 is 27.5. The Hall–Kier alpha value is -2.52. The Morgan fingerprint density at radius 2 is 1.79 bits per heavy atom. The Bertz CT molecular complexity index is 926. The standard InChI is InChI=1S/C19H25N5O3S/c1-15-4-5-17(16(2)14-15)28(26,27)22-9-6-18(25)23-10-12-24(13-11-23)19-20-7-3-8-21-19/h3-5,7-8,14,22H,6,9-13H2,1-2H3. The van der Waals surface area contributed by atoms with Crippen LogP contribution in [0.3, 0.4) is 0 Å². The lowest BCUT2D eigenvalue weighted by atomic mass is 10.2. The average Bonchev–Trinajstić information content (AvgIpc) is 2.68. The number of rotatable bonds is 6. The van der Waals surface area contributed by atoms with Crippen LogP contribution in [-0.2, 0) is 14.8 Å². The molecule has 0 atom stereocenters. The van der Waals surface area contributed by atoms with E-state index in [-0.39, 0.29) is 23.8 Å². The lowest BCUT2D eigenvalue weighted by Gasteiger charge is -2.34. The number of amides is 1. The van der Waals surface area contributed by atoms with Crippen molar-refractivity contribution in [3.8, 4) is 0 Å². The van der Waals surface area contributed by atoms with Crippen molar-refractivity contribution >= 4 is 21.9 Å². The SMILES string of the molecule is Cc1ccc(S(=O)(=O)NCCC(=O)N2CCN(c3ncccn3)CC2)c(C)c1. The summed E-state index contributed by atoms with van der Waals surface area (Å²) in [5.41, 5.74) is 1.70. The molecule has 1 amide bonds. The van der Waals surface area contributed by atoms with Crippen LogP contribution in [0.4, 0.5) is 5.95 Å². The van der Waals surface area contributed by atoms with Gasteiger partial charge in [-0.1, -0.05) is 17.7 Å². The van der Waals surface area contributed by atoms with Crippen molar-refractivity contribution in [1.82, 2.24) is 19.6 Å². The summed E-state index contributed by atoms with van der Waals surface area (Å²) in [6.07, 6.45) is 3.52. The summed E-state index contributed by atoms with van der Waals surface area (Å²) >= 11 is 0. The maximum Gasteiger partial charge on any atom is 0.240 e. The maximum atomic E-state index is 12.5. The van der Waals surface area contributed by atoms with Crippen molar-refractivity contribution in [3.63, 3.8) is 0 Å². The lowest BCUT2D eigenvalue weighted by molar-refractivity contribution is -0.131. The van der Waals surface area contributed by atoms with Gasteiger partial charge in [0.1, 0.15) is 0 Å². The van der Waals surface area contributed by atoms with Crippen LogP contribution in [0.1, 0.15) is 17.5 Å². The molecule has 28 heavy (non-hydrogen) atoms. The molecule has 8 nitrogen and oxygen atoms in total. The summed E-state index contributed by atoms with van der Waals surface area (Å²) in [4.78, 5) is 24.9. The summed E-state index contributed by atoms with van der Waals surface area (Å²) in [6.45, 7) is 6.22. The van der Waals surface area contributed by atoms with Crippen molar-refractivity contribution in [1.29, 1.82) is 0 Å². The van der Waals surface area contributed by atoms with E-state index in [2.05, 4.69) is 14.7 Å². The normalized spacial score (nSPS) is 14.9. The molecule has 1 aromatic heterocycles. The molecule has 0 aliphatic carbocycles. The molecule has 0 radical (unpaired) electrons. The van der Waals surface area contributed by atoms with Gasteiger partial charge in [-0.05, 0) is 31.5 Å². The average molecular weight is 404 g/mol. The summed E-state index contributed by atoms with van der Waals surface area (Å²) in [7, 11) is -3.62. The second-order valence-corrected chi connectivity index (χ2v) is 8.57. The summed E-state index contributed by atoms with van der Waals surface area (Å²) in [6, 6.07) is 6.96. The van der Waals surface area contributed by atoms with E-state index in [0.717, 1.165) is 5.56 Å². The fraction of sp³-hybridized carbons (Fsp3) is 0.421. The van der Waals surface area contributed by atoms with Crippen molar-refractivity contribution in [2.45, 2.75) is 25.2 Å². The maximum absolute atomic E-state index is 12.5. The molecule has 2 heterocycles. The predicted octanol–water partition coefficient (Wildman–Crippen LogP) is 1.11. The fourth-order valence-corrected chi connectivity index (χ4v) is 4.50. The van der Waals surface area contributed by atoms with Gasteiger partial charge >= 0.3 is 0 Å². The van der Waals surface area contributed by atoms with Gasteiger partial charge in [-0.2, -0.15) is 0 Å². The molecule has 1 aromatic carbocycles. The van der Waals surface area contributed by atoms with Crippen LogP contribution in [0.15, 0.2) is 41.6 Å². The first-order chi connectivity index (χ1) is 13.4. The van der Waals surface area contributed by atoms with E-state index < -0.39 is 10.0 Å². The number of carbonyl (C=O) groups excluding carboxylic acids is 1. The van der Waals surface area contributed by atoms with Gasteiger partial charge in [-0.25, -0.2) is 23.1 Å². The van der Waals surface area contributed by atoms with E-state index in [1.54, 1.807) is 42.4 Å². The first-order valence-electron chi connectivity index (χ1n) is 9.23.